The van der Waals surface area contributed by atoms with Crippen LogP contribution in [0.2, 0.25) is 5.02 Å². The molecule has 2 fully saturated rings. The smallest absolute Gasteiger partial charge is 0.321 e. The van der Waals surface area contributed by atoms with E-state index in [2.05, 4.69) is 320 Å². The van der Waals surface area contributed by atoms with Crippen LogP contribution in [0.4, 0.5) is 10.5 Å². The van der Waals surface area contributed by atoms with E-state index in [0.717, 1.165) is 162 Å². The van der Waals surface area contributed by atoms with Gasteiger partial charge in [-0.1, -0.05) is 284 Å². The van der Waals surface area contributed by atoms with Crippen LogP contribution in [0.1, 0.15) is 211 Å². The molecule has 712 valence electrons. The summed E-state index contributed by atoms with van der Waals surface area (Å²) in [6.45, 7) is 37.1. The minimum absolute atomic E-state index is 0.000596. The Bertz CT molecular complexity index is 4590. The summed E-state index contributed by atoms with van der Waals surface area (Å²) in [4.78, 5) is 46.8. The summed E-state index contributed by atoms with van der Waals surface area (Å²) in [6.07, 6.45) is 19.0. The number of methoxy groups -OCH3 is 1. The molecule has 2 atom stereocenters. The highest BCUT2D eigenvalue weighted by Crippen LogP contribution is 2.36. The Morgan fingerprint density at radius 2 is 0.854 bits per heavy atom. The van der Waals surface area contributed by atoms with E-state index in [0.29, 0.717) is 29.2 Å². The van der Waals surface area contributed by atoms with Crippen LogP contribution in [0.25, 0.3) is 11.1 Å². The van der Waals surface area contributed by atoms with Crippen LogP contribution < -0.4 is 15.4 Å². The summed E-state index contributed by atoms with van der Waals surface area (Å²) in [5.74, 6) is 5.75. The van der Waals surface area contributed by atoms with Gasteiger partial charge in [0, 0.05) is 127 Å². The number of carbonyl (C=O) groups is 2. The Balaban J connectivity index is 0.000000224. The highest BCUT2D eigenvalue weighted by molar-refractivity contribution is 7.08. The van der Waals surface area contributed by atoms with Gasteiger partial charge in [-0.2, -0.15) is 11.3 Å². The number of amides is 3. The minimum Gasteiger partial charge on any atom is -0.496 e. The van der Waals surface area contributed by atoms with Crippen molar-refractivity contribution in [2.24, 2.45) is 41.4 Å². The van der Waals surface area contributed by atoms with Gasteiger partial charge in [0.15, 0.2) is 0 Å². The second-order valence-electron chi connectivity index (χ2n) is 40.6. The van der Waals surface area contributed by atoms with E-state index in [1.165, 1.54) is 133 Å². The first kappa shape index (κ1) is 109. The van der Waals surface area contributed by atoms with Gasteiger partial charge in [0.25, 0.3) is 5.91 Å². The molecule has 3 amide bonds. The highest BCUT2D eigenvalue weighted by Gasteiger charge is 2.27. The van der Waals surface area contributed by atoms with Crippen LogP contribution >= 0.6 is 22.9 Å². The maximum absolute atomic E-state index is 13.2. The van der Waals surface area contributed by atoms with Gasteiger partial charge in [0.2, 0.25) is 0 Å². The van der Waals surface area contributed by atoms with E-state index >= 15 is 0 Å². The number of ether oxygens (including phenoxy) is 1. The van der Waals surface area contributed by atoms with Crippen molar-refractivity contribution in [3.63, 3.8) is 0 Å². The molecule has 130 heavy (non-hydrogen) atoms. The SMILES string of the molecule is CC(C)Cc1cccc(CN(CCN(C)C)CC2CCCC2)c1.CC(C)Cc1cccc(CN(CCN(C)C)Cc2cccc(Cl)c2)c1.CC(C)Cc1cccc(CN(CCN(C)C)Cc2ccsc2)c1.CC(C)Cc1cccc(NC(=O)N(C)[C@@H](CC2CCCCC2)CN(C)C)c1.COc1c(CC(C)C)cccc1-c1cccc(C(=O)N[C@H](CN(C)C)c2ccccc2)c1. The zero-order chi connectivity index (χ0) is 94.4. The normalized spacial score (nSPS) is 13.6. The van der Waals surface area contributed by atoms with Crippen LogP contribution in [0.5, 0.6) is 5.75 Å². The second kappa shape index (κ2) is 59.6. The van der Waals surface area contributed by atoms with Gasteiger partial charge >= 0.3 is 6.03 Å². The molecule has 14 nitrogen and oxygen atoms in total. The van der Waals surface area contributed by atoms with Gasteiger partial charge in [0.1, 0.15) is 5.75 Å². The van der Waals surface area contributed by atoms with Crippen molar-refractivity contribution in [3.8, 4) is 16.9 Å². The Labute approximate surface area is 799 Å². The number of nitrogens with one attached hydrogen (secondary N) is 2. The topological polar surface area (TPSA) is 96.6 Å². The van der Waals surface area contributed by atoms with Crippen molar-refractivity contribution in [2.45, 2.75) is 210 Å². The van der Waals surface area contributed by atoms with Gasteiger partial charge in [-0.15, -0.1) is 0 Å². The molecule has 0 spiro atoms. The Hall–Kier alpha value is -8.03. The molecule has 2 aliphatic carbocycles. The number of rotatable bonds is 44. The van der Waals surface area contributed by atoms with E-state index in [-0.39, 0.29) is 24.0 Å². The summed E-state index contributed by atoms with van der Waals surface area (Å²) in [6, 6.07) is 70.4. The molecule has 16 heteroatoms. The number of carbonyl (C=O) groups excluding carboxylic acids is 2. The molecule has 11 rings (SSSR count). The summed E-state index contributed by atoms with van der Waals surface area (Å²) in [7, 11) is 24.8. The number of halogens is 1. The van der Waals surface area contributed by atoms with E-state index < -0.39 is 0 Å². The number of thiophene rings is 1. The fourth-order valence-corrected chi connectivity index (χ4v) is 18.6. The van der Waals surface area contributed by atoms with Crippen molar-refractivity contribution in [3.05, 3.63) is 283 Å². The van der Waals surface area contributed by atoms with Crippen molar-refractivity contribution in [1.29, 1.82) is 0 Å². The van der Waals surface area contributed by atoms with Gasteiger partial charge < -0.3 is 44.8 Å². The maximum atomic E-state index is 13.2. The fourth-order valence-electron chi connectivity index (χ4n) is 17.8. The van der Waals surface area contributed by atoms with Crippen LogP contribution in [0.3, 0.4) is 0 Å². The van der Waals surface area contributed by atoms with E-state index in [9.17, 15) is 9.59 Å². The van der Waals surface area contributed by atoms with E-state index in [4.69, 9.17) is 16.3 Å². The molecule has 1 aromatic heterocycles. The predicted molar refractivity (Wildman–Crippen MR) is 559 cm³/mol. The lowest BCUT2D eigenvalue weighted by atomic mass is 9.84. The number of benzene rings is 8. The molecule has 0 radical (unpaired) electrons. The van der Waals surface area contributed by atoms with Crippen LogP contribution in [-0.4, -0.2) is 206 Å². The van der Waals surface area contributed by atoms with Gasteiger partial charge in [-0.25, -0.2) is 4.79 Å². The van der Waals surface area contributed by atoms with Crippen LogP contribution in [-0.2, 0) is 64.8 Å². The molecular weight excluding hydrogens is 1640 g/mol. The third-order valence-corrected chi connectivity index (χ3v) is 25.0. The first-order valence-corrected chi connectivity index (χ1v) is 50.2. The summed E-state index contributed by atoms with van der Waals surface area (Å²) in [5, 5.41) is 11.6. The first-order chi connectivity index (χ1) is 62.2. The molecule has 9 aromatic rings. The Kier molecular flexibility index (Phi) is 49.9. The Morgan fingerprint density at radius 3 is 1.33 bits per heavy atom. The first-order valence-electron chi connectivity index (χ1n) is 48.9. The third-order valence-electron chi connectivity index (χ3n) is 24.0. The molecule has 2 saturated carbocycles. The molecule has 2 aliphatic rings. The lowest BCUT2D eigenvalue weighted by Gasteiger charge is -2.34. The molecule has 0 aliphatic heterocycles. The van der Waals surface area contributed by atoms with Crippen molar-refractivity contribution >= 4 is 40.6 Å². The number of nitrogens with zero attached hydrogens (tertiary/aromatic N) is 9. The predicted octanol–water partition coefficient (Wildman–Crippen LogP) is 24.9. The number of hydrogen-bond acceptors (Lipinski definition) is 12. The fraction of sp³-hybridized carbons (Fsp3) is 0.526. The monoisotopic (exact) mass is 1810 g/mol. The number of likely N-dealkylation sites (N-methyl/N-ethyl adjacent to an activating group) is 6. The number of anilines is 1. The maximum Gasteiger partial charge on any atom is 0.321 e. The van der Waals surface area contributed by atoms with Crippen LogP contribution in [0.15, 0.2) is 211 Å². The molecular formula is C114H170ClN11O3S. The van der Waals surface area contributed by atoms with Crippen molar-refractivity contribution in [1.82, 2.24) is 49.4 Å². The Morgan fingerprint density at radius 1 is 0.415 bits per heavy atom. The quantitative estimate of drug-likeness (QED) is 0.0382. The molecule has 0 bridgehead atoms. The van der Waals surface area contributed by atoms with E-state index in [1.54, 1.807) is 18.4 Å². The lowest BCUT2D eigenvalue weighted by molar-refractivity contribution is 0.0929. The van der Waals surface area contributed by atoms with Gasteiger partial charge in [-0.05, 0) is 283 Å². The van der Waals surface area contributed by atoms with Crippen molar-refractivity contribution < 1.29 is 14.3 Å². The number of hydrogen-bond donors (Lipinski definition) is 2. The van der Waals surface area contributed by atoms with Crippen LogP contribution in [0, 0.1) is 41.4 Å². The summed E-state index contributed by atoms with van der Waals surface area (Å²) in [5.41, 5.74) is 18.4. The molecule has 8 aromatic carbocycles. The molecule has 0 unspecified atom stereocenters. The average Bonchev–Trinajstić information content (AvgIpc) is 0.877. The largest absolute Gasteiger partial charge is 0.496 e. The molecule has 0 saturated heterocycles. The highest BCUT2D eigenvalue weighted by atomic mass is 35.5. The summed E-state index contributed by atoms with van der Waals surface area (Å²) >= 11 is 7.94. The van der Waals surface area contributed by atoms with Crippen molar-refractivity contribution in [2.75, 3.05) is 149 Å². The molecule has 2 N–H and O–H groups in total. The zero-order valence-corrected chi connectivity index (χ0v) is 86.0. The lowest BCUT2D eigenvalue weighted by Crippen LogP contribution is -2.46. The van der Waals surface area contributed by atoms with E-state index in [1.807, 2.05) is 92.8 Å². The average molecular weight is 1810 g/mol. The molecule has 1 heterocycles. The van der Waals surface area contributed by atoms with Gasteiger partial charge in [0.05, 0.1) is 13.2 Å². The second-order valence-corrected chi connectivity index (χ2v) is 41.8. The number of para-hydroxylation sites is 1. The standard InChI is InChI=1S/C28H34N2O2.C23H39N3O.C22H31ClN2.C21H36N2.C20H30N2S/c1-20(2)17-23-14-10-16-25(27(23)32-5)22-13-9-15-24(18-22)28(31)29-26(19-30(3)4)21-11-7-6-8-12-21;1-18(2)14-20-12-9-13-21(15-20)24-23(27)26(5)22(17-25(3)4)16-19-10-7-6-8-11-19;1-18(2)13-19-7-5-8-20(14-19)16-25(12-11-24(3)4)17-21-9-6-10-22(23)15-21;1-18(2)14-20-10-7-11-21(15-20)17-23(13-12-22(3)4)16-19-8-5-6-9-19;1-17(2)12-18-6-5-7-19(13-18)14-22(10-9-21(3)4)15-20-8-11-23-16-20/h6-16,18,20,26H,17,19H2,1-5H3,(H,29,31);9,12-13,15,18-19,22H,6-8,10-11,14,16-17H2,1-5H3,(H,24,27);5-10,14-15,18H,11-13,16-17H2,1-4H3;7,10-11,15,18-19H,5-6,8-9,12-14,16-17H2,1-4H3;5-8,11,13,16-17H,9-10,12,14-15H2,1-4H3/t26-;22-;;;/m10.../s1. The minimum atomic E-state index is -0.0914. The zero-order valence-electron chi connectivity index (χ0n) is 84.4. The number of urea groups is 1. The third kappa shape index (κ3) is 43.8. The van der Waals surface area contributed by atoms with Gasteiger partial charge in [-0.3, -0.25) is 19.5 Å². The summed E-state index contributed by atoms with van der Waals surface area (Å²) < 4.78 is 5.79.